The van der Waals surface area contributed by atoms with Crippen LogP contribution in [0.1, 0.15) is 45.4 Å². The van der Waals surface area contributed by atoms with Crippen molar-refractivity contribution in [2.75, 3.05) is 0 Å². The van der Waals surface area contributed by atoms with Crippen molar-refractivity contribution in [2.24, 2.45) is 5.92 Å². The minimum absolute atomic E-state index is 0.158. The highest BCUT2D eigenvalue weighted by Crippen LogP contribution is 2.39. The van der Waals surface area contributed by atoms with E-state index >= 15 is 0 Å². The van der Waals surface area contributed by atoms with Crippen LogP contribution in [0.15, 0.2) is 0 Å². The summed E-state index contributed by atoms with van der Waals surface area (Å²) >= 11 is 0. The fourth-order valence-electron chi connectivity index (χ4n) is 2.57. The molecule has 0 aliphatic heterocycles. The summed E-state index contributed by atoms with van der Waals surface area (Å²) < 4.78 is 0. The van der Waals surface area contributed by atoms with Crippen molar-refractivity contribution < 1.29 is 0 Å². The average Bonchev–Trinajstić information content (AvgIpc) is 2.64. The summed E-state index contributed by atoms with van der Waals surface area (Å²) in [6.45, 7) is 2.19. The van der Waals surface area contributed by atoms with Gasteiger partial charge < -0.3 is 0 Å². The van der Waals surface area contributed by atoms with E-state index in [1.54, 1.807) is 0 Å². The lowest BCUT2D eigenvalue weighted by Crippen LogP contribution is -2.58. The zero-order chi connectivity index (χ0) is 9.31. The van der Waals surface area contributed by atoms with Crippen LogP contribution in [0.4, 0.5) is 0 Å². The Morgan fingerprint density at radius 2 is 2.00 bits per heavy atom. The molecule has 2 nitrogen and oxygen atoms in total. The first-order valence-corrected chi connectivity index (χ1v) is 5.46. The third kappa shape index (κ3) is 1.46. The summed E-state index contributed by atoms with van der Waals surface area (Å²) in [7, 11) is 0. The average molecular weight is 178 g/mol. The van der Waals surface area contributed by atoms with E-state index in [0.717, 1.165) is 6.42 Å². The van der Waals surface area contributed by atoms with E-state index in [0.29, 0.717) is 12.0 Å². The molecule has 2 heteroatoms. The van der Waals surface area contributed by atoms with Crippen LogP contribution in [-0.2, 0) is 0 Å². The number of hydrogen-bond acceptors (Lipinski definition) is 2. The van der Waals surface area contributed by atoms with Gasteiger partial charge >= 0.3 is 0 Å². The molecule has 0 saturated heterocycles. The van der Waals surface area contributed by atoms with Gasteiger partial charge in [-0.25, -0.2) is 0 Å². The van der Waals surface area contributed by atoms with Gasteiger partial charge in [-0.05, 0) is 31.6 Å². The Bertz CT molecular complexity index is 225. The molecule has 0 aromatic rings. The molecule has 2 aliphatic rings. The third-order valence-corrected chi connectivity index (χ3v) is 3.83. The number of nitrogens with one attached hydrogen (secondary N) is 1. The molecule has 0 radical (unpaired) electrons. The van der Waals surface area contributed by atoms with E-state index in [4.69, 9.17) is 5.26 Å². The van der Waals surface area contributed by atoms with Crippen LogP contribution in [-0.4, -0.2) is 11.6 Å². The van der Waals surface area contributed by atoms with E-state index in [2.05, 4.69) is 18.3 Å². The second-order valence-electron chi connectivity index (χ2n) is 4.65. The third-order valence-electron chi connectivity index (χ3n) is 3.83. The van der Waals surface area contributed by atoms with Crippen LogP contribution in [0.2, 0.25) is 0 Å². The molecule has 2 aliphatic carbocycles. The van der Waals surface area contributed by atoms with Crippen LogP contribution in [0.3, 0.4) is 0 Å². The lowest BCUT2D eigenvalue weighted by molar-refractivity contribution is 0.139. The summed E-state index contributed by atoms with van der Waals surface area (Å²) in [4.78, 5) is 0. The van der Waals surface area contributed by atoms with Gasteiger partial charge in [0.25, 0.3) is 0 Å². The summed E-state index contributed by atoms with van der Waals surface area (Å²) in [5.74, 6) is 0.554. The summed E-state index contributed by atoms with van der Waals surface area (Å²) in [6, 6.07) is 3.11. The molecule has 2 saturated carbocycles. The van der Waals surface area contributed by atoms with Gasteiger partial charge in [0.05, 0.1) is 6.07 Å². The van der Waals surface area contributed by atoms with Gasteiger partial charge in [-0.15, -0.1) is 0 Å². The van der Waals surface area contributed by atoms with Crippen LogP contribution >= 0.6 is 0 Å². The van der Waals surface area contributed by atoms with Crippen molar-refractivity contribution in [3.05, 3.63) is 0 Å². The number of rotatable bonds is 2. The van der Waals surface area contributed by atoms with Crippen molar-refractivity contribution in [3.63, 3.8) is 0 Å². The number of nitrogens with zero attached hydrogens (tertiary/aromatic N) is 1. The summed E-state index contributed by atoms with van der Waals surface area (Å²) in [5.41, 5.74) is -0.158. The van der Waals surface area contributed by atoms with Gasteiger partial charge in [0.1, 0.15) is 5.54 Å². The predicted molar refractivity (Wildman–Crippen MR) is 52.1 cm³/mol. The predicted octanol–water partition coefficient (Wildman–Crippen LogP) is 2.21. The van der Waals surface area contributed by atoms with Crippen LogP contribution in [0.5, 0.6) is 0 Å². The number of hydrogen-bond donors (Lipinski definition) is 1. The normalized spacial score (nSPS) is 39.8. The fourth-order valence-corrected chi connectivity index (χ4v) is 2.57. The van der Waals surface area contributed by atoms with Crippen molar-refractivity contribution in [3.8, 4) is 6.07 Å². The molecule has 0 bridgehead atoms. The van der Waals surface area contributed by atoms with Crippen molar-refractivity contribution in [1.29, 1.82) is 5.26 Å². The van der Waals surface area contributed by atoms with E-state index in [1.807, 2.05) is 0 Å². The molecular formula is C11H18N2. The Labute approximate surface area is 80.3 Å². The fraction of sp³-hybridized carbons (Fsp3) is 0.909. The second-order valence-corrected chi connectivity index (χ2v) is 4.65. The van der Waals surface area contributed by atoms with Gasteiger partial charge in [0, 0.05) is 6.04 Å². The van der Waals surface area contributed by atoms with Gasteiger partial charge in [-0.3, -0.25) is 5.32 Å². The van der Waals surface area contributed by atoms with Crippen LogP contribution < -0.4 is 5.32 Å². The minimum atomic E-state index is -0.158. The SMILES string of the molecule is CC1CCC1(C#N)NC1CCCC1. The molecule has 2 fully saturated rings. The first-order chi connectivity index (χ1) is 6.27. The van der Waals surface area contributed by atoms with E-state index < -0.39 is 0 Å². The van der Waals surface area contributed by atoms with E-state index in [9.17, 15) is 0 Å². The molecule has 2 atom stereocenters. The zero-order valence-corrected chi connectivity index (χ0v) is 8.34. The molecule has 2 unspecified atom stereocenters. The summed E-state index contributed by atoms with van der Waals surface area (Å²) in [5, 5.41) is 12.7. The largest absolute Gasteiger partial charge is 0.296 e. The maximum absolute atomic E-state index is 9.15. The van der Waals surface area contributed by atoms with Gasteiger partial charge in [-0.2, -0.15) is 5.26 Å². The monoisotopic (exact) mass is 178 g/mol. The first kappa shape index (κ1) is 9.02. The molecule has 72 valence electrons. The molecule has 0 heterocycles. The van der Waals surface area contributed by atoms with Crippen LogP contribution in [0, 0.1) is 17.2 Å². The first-order valence-electron chi connectivity index (χ1n) is 5.46. The Morgan fingerprint density at radius 3 is 2.38 bits per heavy atom. The Hall–Kier alpha value is -0.550. The standard InChI is InChI=1S/C11H18N2/c1-9-6-7-11(9,8-12)13-10-4-2-3-5-10/h9-10,13H,2-7H2,1H3. The number of nitriles is 1. The van der Waals surface area contributed by atoms with Gasteiger partial charge in [-0.1, -0.05) is 19.8 Å². The Morgan fingerprint density at radius 1 is 1.31 bits per heavy atom. The maximum Gasteiger partial charge on any atom is 0.109 e. The van der Waals surface area contributed by atoms with Gasteiger partial charge in [0.2, 0.25) is 0 Å². The molecule has 0 aromatic heterocycles. The molecule has 1 N–H and O–H groups in total. The maximum atomic E-state index is 9.15. The van der Waals surface area contributed by atoms with Crippen molar-refractivity contribution >= 4 is 0 Å². The van der Waals surface area contributed by atoms with E-state index in [1.165, 1.54) is 32.1 Å². The Balaban J connectivity index is 1.95. The molecule has 2 rings (SSSR count). The Kier molecular flexibility index (Phi) is 2.29. The smallest absolute Gasteiger partial charge is 0.109 e. The van der Waals surface area contributed by atoms with Crippen LogP contribution in [0.25, 0.3) is 0 Å². The molecule has 0 amide bonds. The quantitative estimate of drug-likeness (QED) is 0.703. The lowest BCUT2D eigenvalue weighted by atomic mass is 9.68. The highest BCUT2D eigenvalue weighted by molar-refractivity contribution is 5.17. The van der Waals surface area contributed by atoms with Gasteiger partial charge in [0.15, 0.2) is 0 Å². The lowest BCUT2D eigenvalue weighted by Gasteiger charge is -2.44. The highest BCUT2D eigenvalue weighted by atomic mass is 15.0. The second kappa shape index (κ2) is 3.31. The van der Waals surface area contributed by atoms with E-state index in [-0.39, 0.29) is 5.54 Å². The zero-order valence-electron chi connectivity index (χ0n) is 8.34. The molecule has 13 heavy (non-hydrogen) atoms. The molecular weight excluding hydrogens is 160 g/mol. The topological polar surface area (TPSA) is 35.8 Å². The highest BCUT2D eigenvalue weighted by Gasteiger charge is 2.45. The molecule has 0 aromatic carbocycles. The minimum Gasteiger partial charge on any atom is -0.296 e. The van der Waals surface area contributed by atoms with Crippen molar-refractivity contribution in [1.82, 2.24) is 5.32 Å². The summed E-state index contributed by atoms with van der Waals surface area (Å²) in [6.07, 6.45) is 7.50. The molecule has 0 spiro atoms. The van der Waals surface area contributed by atoms with Crippen molar-refractivity contribution in [2.45, 2.75) is 57.0 Å².